The molecule has 1 aliphatic heterocycles. The van der Waals surface area contributed by atoms with Crippen LogP contribution in [0.2, 0.25) is 0 Å². The fourth-order valence-electron chi connectivity index (χ4n) is 3.78. The van der Waals surface area contributed by atoms with Crippen LogP contribution in [0.1, 0.15) is 42.0 Å². The number of carbonyl (C=O) groups is 1. The normalized spacial score (nSPS) is 16.1. The van der Waals surface area contributed by atoms with Crippen LogP contribution in [-0.4, -0.2) is 22.5 Å². The van der Waals surface area contributed by atoms with Crippen molar-refractivity contribution in [1.29, 1.82) is 0 Å². The molecule has 1 atom stereocenters. The van der Waals surface area contributed by atoms with Crippen LogP contribution in [0.5, 0.6) is 5.88 Å². The molecule has 1 amide bonds. The number of piperidine rings is 1. The van der Waals surface area contributed by atoms with Crippen LogP contribution < -0.4 is 4.74 Å². The summed E-state index contributed by atoms with van der Waals surface area (Å²) in [6.07, 6.45) is 4.33. The Balaban J connectivity index is 1.47. The average molecular weight is 402 g/mol. The Morgan fingerprint density at radius 1 is 0.900 bits per heavy atom. The Hall–Kier alpha value is -3.34. The number of nitrogens with zero attached hydrogens (tertiary/aromatic N) is 2. The van der Waals surface area contributed by atoms with E-state index in [1.807, 2.05) is 77.7 Å². The number of benzene rings is 2. The largest absolute Gasteiger partial charge is 0.473 e. The molecule has 0 saturated carbocycles. The van der Waals surface area contributed by atoms with Crippen LogP contribution in [0, 0.1) is 0 Å². The second-order valence-corrected chi connectivity index (χ2v) is 7.42. The number of hydrogen-bond donors (Lipinski definition) is 0. The lowest BCUT2D eigenvalue weighted by Crippen LogP contribution is -2.39. The molecule has 5 heteroatoms. The van der Waals surface area contributed by atoms with Gasteiger partial charge in [0.2, 0.25) is 5.88 Å². The maximum absolute atomic E-state index is 12.9. The summed E-state index contributed by atoms with van der Waals surface area (Å²) in [5.74, 6) is 0.578. The number of carbonyl (C=O) groups excluding carboxylic acids is 1. The maximum Gasteiger partial charge on any atom is 0.410 e. The van der Waals surface area contributed by atoms with Gasteiger partial charge in [0.05, 0.1) is 6.04 Å². The van der Waals surface area contributed by atoms with Crippen molar-refractivity contribution in [2.75, 3.05) is 6.54 Å². The molecule has 1 aliphatic rings. The Bertz CT molecular complexity index is 947. The molecule has 0 spiro atoms. The van der Waals surface area contributed by atoms with E-state index in [-0.39, 0.29) is 18.7 Å². The summed E-state index contributed by atoms with van der Waals surface area (Å²) in [6, 6.07) is 23.6. The van der Waals surface area contributed by atoms with Crippen molar-refractivity contribution in [1.82, 2.24) is 9.88 Å². The van der Waals surface area contributed by atoms with Gasteiger partial charge in [0, 0.05) is 18.3 Å². The van der Waals surface area contributed by atoms with Gasteiger partial charge >= 0.3 is 6.09 Å². The molecule has 154 valence electrons. The monoisotopic (exact) mass is 402 g/mol. The van der Waals surface area contributed by atoms with Crippen molar-refractivity contribution in [3.05, 3.63) is 95.7 Å². The molecule has 0 bridgehead atoms. The Kier molecular flexibility index (Phi) is 6.60. The summed E-state index contributed by atoms with van der Waals surface area (Å²) >= 11 is 0. The van der Waals surface area contributed by atoms with E-state index in [2.05, 4.69) is 4.98 Å². The van der Waals surface area contributed by atoms with Gasteiger partial charge in [0.15, 0.2) is 0 Å². The quantitative estimate of drug-likeness (QED) is 0.544. The van der Waals surface area contributed by atoms with Crippen molar-refractivity contribution in [2.45, 2.75) is 38.5 Å². The molecule has 0 aliphatic carbocycles. The standard InChI is InChI=1S/C25H26N2O3/c28-25(30-19-21-12-5-2-6-13-21)27-17-8-7-15-23(27)22-14-9-16-26-24(22)29-18-20-10-3-1-4-11-20/h1-6,9-14,16,23H,7-8,15,17-19H2/t23-/m0/s1. The predicted molar refractivity (Wildman–Crippen MR) is 115 cm³/mol. The van der Waals surface area contributed by atoms with Crippen LogP contribution in [0.25, 0.3) is 0 Å². The second kappa shape index (κ2) is 9.92. The van der Waals surface area contributed by atoms with E-state index in [1.54, 1.807) is 6.20 Å². The highest BCUT2D eigenvalue weighted by Crippen LogP contribution is 2.35. The van der Waals surface area contributed by atoms with Gasteiger partial charge in [-0.1, -0.05) is 66.7 Å². The van der Waals surface area contributed by atoms with Gasteiger partial charge in [0.25, 0.3) is 0 Å². The highest BCUT2D eigenvalue weighted by molar-refractivity contribution is 5.68. The number of amides is 1. The highest BCUT2D eigenvalue weighted by Gasteiger charge is 2.31. The van der Waals surface area contributed by atoms with Gasteiger partial charge in [-0.2, -0.15) is 0 Å². The van der Waals surface area contributed by atoms with Gasteiger partial charge in [-0.05, 0) is 36.5 Å². The molecular weight excluding hydrogens is 376 g/mol. The fourth-order valence-corrected chi connectivity index (χ4v) is 3.78. The summed E-state index contributed by atoms with van der Waals surface area (Å²) in [6.45, 7) is 1.38. The van der Waals surface area contributed by atoms with E-state index < -0.39 is 0 Å². The van der Waals surface area contributed by atoms with Crippen LogP contribution in [0.4, 0.5) is 4.79 Å². The molecule has 2 heterocycles. The smallest absolute Gasteiger partial charge is 0.410 e. The maximum atomic E-state index is 12.9. The third kappa shape index (κ3) is 4.98. The molecule has 0 radical (unpaired) electrons. The van der Waals surface area contributed by atoms with Crippen LogP contribution in [0.3, 0.4) is 0 Å². The number of likely N-dealkylation sites (tertiary alicyclic amines) is 1. The SMILES string of the molecule is O=C(OCc1ccccc1)N1CCCC[C@H]1c1cccnc1OCc1ccccc1. The number of pyridine rings is 1. The number of rotatable bonds is 6. The van der Waals surface area contributed by atoms with Crippen molar-refractivity contribution in [3.63, 3.8) is 0 Å². The molecular formula is C25H26N2O3. The van der Waals surface area contributed by atoms with E-state index in [0.29, 0.717) is 19.0 Å². The number of aromatic nitrogens is 1. The van der Waals surface area contributed by atoms with Crippen molar-refractivity contribution >= 4 is 6.09 Å². The summed E-state index contributed by atoms with van der Waals surface area (Å²) < 4.78 is 11.7. The zero-order valence-electron chi connectivity index (χ0n) is 16.9. The van der Waals surface area contributed by atoms with E-state index >= 15 is 0 Å². The minimum atomic E-state index is -0.290. The first kappa shape index (κ1) is 20.0. The van der Waals surface area contributed by atoms with E-state index in [1.165, 1.54) is 0 Å². The molecule has 4 rings (SSSR count). The molecule has 5 nitrogen and oxygen atoms in total. The van der Waals surface area contributed by atoms with E-state index in [9.17, 15) is 4.79 Å². The average Bonchev–Trinajstić information content (AvgIpc) is 2.83. The number of ether oxygens (including phenoxy) is 2. The zero-order chi connectivity index (χ0) is 20.6. The van der Waals surface area contributed by atoms with Gasteiger partial charge in [0.1, 0.15) is 13.2 Å². The van der Waals surface area contributed by atoms with Gasteiger partial charge in [-0.15, -0.1) is 0 Å². The molecule has 0 unspecified atom stereocenters. The molecule has 1 fully saturated rings. The Morgan fingerprint density at radius 2 is 1.60 bits per heavy atom. The first-order valence-electron chi connectivity index (χ1n) is 10.4. The van der Waals surface area contributed by atoms with E-state index in [4.69, 9.17) is 9.47 Å². The zero-order valence-corrected chi connectivity index (χ0v) is 16.9. The molecule has 0 N–H and O–H groups in total. The first-order valence-corrected chi connectivity index (χ1v) is 10.4. The predicted octanol–water partition coefficient (Wildman–Crippen LogP) is 5.52. The third-order valence-electron chi connectivity index (χ3n) is 5.32. The lowest BCUT2D eigenvalue weighted by atomic mass is 9.96. The lowest BCUT2D eigenvalue weighted by molar-refractivity contribution is 0.0669. The first-order chi connectivity index (χ1) is 14.8. The third-order valence-corrected chi connectivity index (χ3v) is 5.32. The van der Waals surface area contributed by atoms with Gasteiger partial charge in [-0.3, -0.25) is 0 Å². The summed E-state index contributed by atoms with van der Waals surface area (Å²) in [5.41, 5.74) is 2.99. The van der Waals surface area contributed by atoms with Gasteiger partial charge in [-0.25, -0.2) is 9.78 Å². The fraction of sp³-hybridized carbons (Fsp3) is 0.280. The molecule has 1 saturated heterocycles. The van der Waals surface area contributed by atoms with Crippen LogP contribution >= 0.6 is 0 Å². The van der Waals surface area contributed by atoms with E-state index in [0.717, 1.165) is 36.0 Å². The van der Waals surface area contributed by atoms with Crippen LogP contribution in [0.15, 0.2) is 79.0 Å². The molecule has 30 heavy (non-hydrogen) atoms. The van der Waals surface area contributed by atoms with Gasteiger partial charge < -0.3 is 14.4 Å². The molecule has 1 aromatic heterocycles. The molecule has 2 aromatic carbocycles. The minimum absolute atomic E-state index is 0.0958. The lowest BCUT2D eigenvalue weighted by Gasteiger charge is -2.35. The van der Waals surface area contributed by atoms with Crippen molar-refractivity contribution in [3.8, 4) is 5.88 Å². The highest BCUT2D eigenvalue weighted by atomic mass is 16.6. The topological polar surface area (TPSA) is 51.7 Å². The Morgan fingerprint density at radius 3 is 2.33 bits per heavy atom. The second-order valence-electron chi connectivity index (χ2n) is 7.42. The minimum Gasteiger partial charge on any atom is -0.473 e. The van der Waals surface area contributed by atoms with Crippen molar-refractivity contribution < 1.29 is 14.3 Å². The summed E-state index contributed by atoms with van der Waals surface area (Å²) in [4.78, 5) is 19.2. The van der Waals surface area contributed by atoms with Crippen LogP contribution in [-0.2, 0) is 18.0 Å². The molecule has 3 aromatic rings. The Labute approximate surface area is 177 Å². The van der Waals surface area contributed by atoms with Crippen molar-refractivity contribution in [2.24, 2.45) is 0 Å². The summed E-state index contributed by atoms with van der Waals surface area (Å²) in [7, 11) is 0. The summed E-state index contributed by atoms with van der Waals surface area (Å²) in [5, 5.41) is 0. The number of hydrogen-bond acceptors (Lipinski definition) is 4.